The number of nitrogens with zero attached hydrogens (tertiary/aromatic N) is 2. The predicted octanol–water partition coefficient (Wildman–Crippen LogP) is 5.29. The van der Waals surface area contributed by atoms with Crippen LogP contribution in [0.2, 0.25) is 0 Å². The third kappa shape index (κ3) is 3.04. The molecular formula is C25H20FN5. The maximum Gasteiger partial charge on any atom is 0.138 e. The minimum Gasteiger partial charge on any atom is -0.338 e. The first-order valence-electron chi connectivity index (χ1n) is 10.4. The molecular weight excluding hydrogens is 389 g/mol. The number of rotatable bonds is 3. The Balaban J connectivity index is 1.50. The molecule has 0 unspecified atom stereocenters. The molecule has 0 saturated heterocycles. The minimum atomic E-state index is -0.247. The van der Waals surface area contributed by atoms with Crippen LogP contribution in [0.15, 0.2) is 66.9 Å². The Morgan fingerprint density at radius 3 is 2.74 bits per heavy atom. The number of fused-ring (bicyclic) bond motifs is 2. The largest absolute Gasteiger partial charge is 0.338 e. The molecule has 152 valence electrons. The Bertz CT molecular complexity index is 1460. The van der Waals surface area contributed by atoms with Crippen molar-refractivity contribution >= 4 is 27.5 Å². The Labute approximate surface area is 178 Å². The van der Waals surface area contributed by atoms with Crippen molar-refractivity contribution < 1.29 is 4.39 Å². The van der Waals surface area contributed by atoms with Crippen molar-refractivity contribution in [1.29, 1.82) is 0 Å². The van der Waals surface area contributed by atoms with Crippen LogP contribution in [0, 0.1) is 5.82 Å². The molecule has 1 aliphatic heterocycles. The fourth-order valence-corrected chi connectivity index (χ4v) is 4.37. The molecule has 6 rings (SSSR count). The van der Waals surface area contributed by atoms with Crippen LogP contribution in [0.4, 0.5) is 4.39 Å². The third-order valence-corrected chi connectivity index (χ3v) is 5.95. The lowest BCUT2D eigenvalue weighted by molar-refractivity contribution is 0.631. The van der Waals surface area contributed by atoms with Crippen LogP contribution < -0.4 is 5.32 Å². The number of H-pyrrole nitrogens is 2. The quantitative estimate of drug-likeness (QED) is 0.379. The van der Waals surface area contributed by atoms with Crippen molar-refractivity contribution in [1.82, 2.24) is 25.5 Å². The van der Waals surface area contributed by atoms with Crippen LogP contribution in [0.5, 0.6) is 0 Å². The average Bonchev–Trinajstić information content (AvgIpc) is 3.43. The molecule has 0 spiro atoms. The van der Waals surface area contributed by atoms with Crippen LogP contribution in [-0.4, -0.2) is 33.3 Å². The molecule has 0 amide bonds. The molecule has 0 saturated carbocycles. The first kappa shape index (κ1) is 18.0. The molecule has 31 heavy (non-hydrogen) atoms. The van der Waals surface area contributed by atoms with Crippen molar-refractivity contribution in [3.63, 3.8) is 0 Å². The lowest BCUT2D eigenvalue weighted by Gasteiger charge is -2.14. The second-order valence-corrected chi connectivity index (χ2v) is 7.80. The highest BCUT2D eigenvalue weighted by atomic mass is 19.1. The van der Waals surface area contributed by atoms with E-state index >= 15 is 0 Å². The van der Waals surface area contributed by atoms with Crippen molar-refractivity contribution in [3.05, 3.63) is 78.3 Å². The molecule has 5 nitrogen and oxygen atoms in total. The Morgan fingerprint density at radius 1 is 0.935 bits per heavy atom. The van der Waals surface area contributed by atoms with E-state index in [4.69, 9.17) is 0 Å². The Hall–Kier alpha value is -3.77. The van der Waals surface area contributed by atoms with E-state index in [1.54, 1.807) is 18.3 Å². The highest BCUT2D eigenvalue weighted by Gasteiger charge is 2.16. The Morgan fingerprint density at radius 2 is 1.87 bits per heavy atom. The number of benzene rings is 2. The van der Waals surface area contributed by atoms with Gasteiger partial charge in [-0.2, -0.15) is 5.10 Å². The normalized spacial score (nSPS) is 14.3. The van der Waals surface area contributed by atoms with Crippen molar-refractivity contribution in [2.24, 2.45) is 0 Å². The van der Waals surface area contributed by atoms with Gasteiger partial charge in [-0.05, 0) is 60.0 Å². The van der Waals surface area contributed by atoms with E-state index < -0.39 is 0 Å². The van der Waals surface area contributed by atoms with Crippen LogP contribution >= 0.6 is 0 Å². The van der Waals surface area contributed by atoms with Gasteiger partial charge in [0.05, 0.1) is 11.2 Å². The van der Waals surface area contributed by atoms with Crippen molar-refractivity contribution in [3.8, 4) is 22.5 Å². The highest BCUT2D eigenvalue weighted by molar-refractivity contribution is 6.00. The summed E-state index contributed by atoms with van der Waals surface area (Å²) < 4.78 is 14.5. The fraction of sp³-hybridized carbons (Fsp3) is 0.120. The summed E-state index contributed by atoms with van der Waals surface area (Å²) in [4.78, 5) is 7.84. The van der Waals surface area contributed by atoms with Crippen molar-refractivity contribution in [2.45, 2.75) is 6.42 Å². The number of aromatic amines is 2. The molecule has 0 radical (unpaired) electrons. The number of hydrogen-bond donors (Lipinski definition) is 3. The molecule has 5 aromatic rings. The lowest BCUT2D eigenvalue weighted by atomic mass is 9.98. The van der Waals surface area contributed by atoms with Gasteiger partial charge in [0.1, 0.15) is 17.2 Å². The van der Waals surface area contributed by atoms with Gasteiger partial charge >= 0.3 is 0 Å². The summed E-state index contributed by atoms with van der Waals surface area (Å²) in [6.45, 7) is 1.90. The zero-order valence-electron chi connectivity index (χ0n) is 16.7. The van der Waals surface area contributed by atoms with Gasteiger partial charge in [-0.1, -0.05) is 30.3 Å². The first-order chi connectivity index (χ1) is 15.3. The zero-order chi connectivity index (χ0) is 20.8. The van der Waals surface area contributed by atoms with E-state index in [0.717, 1.165) is 52.8 Å². The van der Waals surface area contributed by atoms with E-state index in [1.165, 1.54) is 17.2 Å². The first-order valence-corrected chi connectivity index (χ1v) is 10.4. The van der Waals surface area contributed by atoms with Crippen LogP contribution in [-0.2, 0) is 0 Å². The summed E-state index contributed by atoms with van der Waals surface area (Å²) in [6.07, 6.45) is 4.97. The van der Waals surface area contributed by atoms with Crippen LogP contribution in [0.25, 0.3) is 50.0 Å². The molecule has 4 heterocycles. The smallest absolute Gasteiger partial charge is 0.138 e. The minimum absolute atomic E-state index is 0.247. The van der Waals surface area contributed by atoms with E-state index in [-0.39, 0.29) is 5.82 Å². The SMILES string of the molecule is Fc1ccccc1-c1ccnc2[nH]c(-c3n[nH]c4ccc(C5=CCNCC5)cc34)cc12. The third-order valence-electron chi connectivity index (χ3n) is 5.95. The van der Waals surface area contributed by atoms with Crippen LogP contribution in [0.1, 0.15) is 12.0 Å². The van der Waals surface area contributed by atoms with Crippen molar-refractivity contribution in [2.75, 3.05) is 13.1 Å². The molecule has 6 heteroatoms. The Kier molecular flexibility index (Phi) is 4.18. The predicted molar refractivity (Wildman–Crippen MR) is 122 cm³/mol. The summed E-state index contributed by atoms with van der Waals surface area (Å²) in [5.41, 5.74) is 7.33. The highest BCUT2D eigenvalue weighted by Crippen LogP contribution is 2.35. The maximum absolute atomic E-state index is 14.5. The van der Waals surface area contributed by atoms with Gasteiger partial charge in [0.15, 0.2) is 0 Å². The lowest BCUT2D eigenvalue weighted by Crippen LogP contribution is -2.19. The zero-order valence-corrected chi connectivity index (χ0v) is 16.7. The number of aromatic nitrogens is 4. The topological polar surface area (TPSA) is 69.4 Å². The monoisotopic (exact) mass is 409 g/mol. The fourth-order valence-electron chi connectivity index (χ4n) is 4.37. The molecule has 0 aliphatic carbocycles. The maximum atomic E-state index is 14.5. The summed E-state index contributed by atoms with van der Waals surface area (Å²) >= 11 is 0. The number of hydrogen-bond acceptors (Lipinski definition) is 3. The second-order valence-electron chi connectivity index (χ2n) is 7.80. The van der Waals surface area contributed by atoms with Crippen LogP contribution in [0.3, 0.4) is 0 Å². The standard InChI is InChI=1S/C25H20FN5/c26-21-4-2-1-3-18(21)17-9-12-28-25-19(17)14-23(29-25)24-20-13-16(5-6-22(20)30-31-24)15-7-10-27-11-8-15/h1-7,9,12-14,27H,8,10-11H2,(H,28,29)(H,30,31). The summed E-state index contributed by atoms with van der Waals surface area (Å²) in [7, 11) is 0. The molecule has 2 aromatic carbocycles. The average molecular weight is 409 g/mol. The van der Waals surface area contributed by atoms with E-state index in [1.807, 2.05) is 18.2 Å². The number of pyridine rings is 1. The summed E-state index contributed by atoms with van der Waals surface area (Å²) in [5.74, 6) is -0.247. The summed E-state index contributed by atoms with van der Waals surface area (Å²) in [5, 5.41) is 13.0. The summed E-state index contributed by atoms with van der Waals surface area (Å²) in [6, 6.07) is 17.1. The molecule has 3 aromatic heterocycles. The van der Waals surface area contributed by atoms with E-state index in [0.29, 0.717) is 11.2 Å². The molecule has 0 fully saturated rings. The number of halogens is 1. The van der Waals surface area contributed by atoms with E-state index in [2.05, 4.69) is 49.8 Å². The molecule has 0 bridgehead atoms. The van der Waals surface area contributed by atoms with Gasteiger partial charge < -0.3 is 10.3 Å². The molecule has 1 aliphatic rings. The van der Waals surface area contributed by atoms with E-state index in [9.17, 15) is 4.39 Å². The van der Waals surface area contributed by atoms with Gasteiger partial charge in [0.2, 0.25) is 0 Å². The molecule has 3 N–H and O–H groups in total. The second kappa shape index (κ2) is 7.18. The van der Waals surface area contributed by atoms with Gasteiger partial charge in [-0.25, -0.2) is 9.37 Å². The van der Waals surface area contributed by atoms with Gasteiger partial charge in [0.25, 0.3) is 0 Å². The van der Waals surface area contributed by atoms with Gasteiger partial charge in [0, 0.05) is 29.1 Å². The molecule has 0 atom stereocenters. The van der Waals surface area contributed by atoms with Gasteiger partial charge in [-0.15, -0.1) is 0 Å². The van der Waals surface area contributed by atoms with Gasteiger partial charge in [-0.3, -0.25) is 5.10 Å². The number of nitrogens with one attached hydrogen (secondary N) is 3.